The van der Waals surface area contributed by atoms with Crippen molar-refractivity contribution in [1.29, 1.82) is 0 Å². The van der Waals surface area contributed by atoms with Gasteiger partial charge in [0.25, 0.3) is 5.56 Å². The molecule has 0 saturated heterocycles. The highest BCUT2D eigenvalue weighted by molar-refractivity contribution is 7.99. The summed E-state index contributed by atoms with van der Waals surface area (Å²) in [4.78, 5) is 31.1. The minimum absolute atomic E-state index is 0.102. The number of methoxy groups -OCH3 is 2. The second-order valence-electron chi connectivity index (χ2n) is 7.68. The number of hydrogen-bond acceptors (Lipinski definition) is 6. The Bertz CT molecular complexity index is 1390. The van der Waals surface area contributed by atoms with Crippen molar-refractivity contribution in [2.24, 2.45) is 0 Å². The third kappa shape index (κ3) is 4.64. The largest absolute Gasteiger partial charge is 0.493 e. The first kappa shape index (κ1) is 22.6. The molecule has 168 valence electrons. The van der Waals surface area contributed by atoms with E-state index in [1.807, 2.05) is 44.2 Å². The molecule has 0 saturated carbocycles. The predicted molar refractivity (Wildman–Crippen MR) is 131 cm³/mol. The van der Waals surface area contributed by atoms with Crippen LogP contribution < -0.4 is 15.0 Å². The van der Waals surface area contributed by atoms with E-state index >= 15 is 0 Å². The minimum atomic E-state index is -0.160. The Morgan fingerprint density at radius 3 is 2.33 bits per heavy atom. The third-order valence-electron chi connectivity index (χ3n) is 5.25. The highest BCUT2D eigenvalue weighted by Crippen LogP contribution is 2.29. The van der Waals surface area contributed by atoms with Gasteiger partial charge in [0.2, 0.25) is 0 Å². The zero-order valence-electron chi connectivity index (χ0n) is 18.9. The zero-order valence-corrected chi connectivity index (χ0v) is 19.7. The van der Waals surface area contributed by atoms with E-state index in [9.17, 15) is 9.59 Å². The molecule has 0 aliphatic carbocycles. The van der Waals surface area contributed by atoms with Crippen molar-refractivity contribution in [2.75, 3.05) is 20.0 Å². The lowest BCUT2D eigenvalue weighted by Crippen LogP contribution is -2.22. The van der Waals surface area contributed by atoms with E-state index < -0.39 is 0 Å². The maximum Gasteiger partial charge on any atom is 0.266 e. The summed E-state index contributed by atoms with van der Waals surface area (Å²) in [5.41, 5.74) is 3.76. The number of aromatic nitrogens is 2. The van der Waals surface area contributed by atoms with Crippen LogP contribution in [0.15, 0.2) is 70.6 Å². The van der Waals surface area contributed by atoms with E-state index in [4.69, 9.17) is 14.5 Å². The van der Waals surface area contributed by atoms with E-state index in [0.29, 0.717) is 33.1 Å². The van der Waals surface area contributed by atoms with Gasteiger partial charge in [-0.3, -0.25) is 14.2 Å². The van der Waals surface area contributed by atoms with Crippen LogP contribution in [0.4, 0.5) is 0 Å². The first-order valence-corrected chi connectivity index (χ1v) is 11.4. The number of ether oxygens (including phenoxy) is 2. The Balaban J connectivity index is 1.74. The number of ketones is 1. The molecule has 0 amide bonds. The molecule has 3 aromatic carbocycles. The molecular formula is C26H24N2O4S. The molecule has 7 heteroatoms. The molecule has 0 bridgehead atoms. The lowest BCUT2D eigenvalue weighted by molar-refractivity contribution is 0.102. The molecule has 4 aromatic rings. The van der Waals surface area contributed by atoms with Gasteiger partial charge in [-0.25, -0.2) is 4.98 Å². The molecule has 1 heterocycles. The molecule has 0 N–H and O–H groups in total. The number of Topliss-reactive ketones (excluding diaryl/α,β-unsaturated/α-hetero) is 1. The van der Waals surface area contributed by atoms with Crippen molar-refractivity contribution in [3.63, 3.8) is 0 Å². The molecule has 0 atom stereocenters. The normalized spacial score (nSPS) is 10.9. The van der Waals surface area contributed by atoms with E-state index in [0.717, 1.165) is 16.8 Å². The van der Waals surface area contributed by atoms with Gasteiger partial charge in [0.05, 0.1) is 36.6 Å². The van der Waals surface area contributed by atoms with Gasteiger partial charge in [-0.1, -0.05) is 30.0 Å². The number of hydrogen-bond donors (Lipinski definition) is 0. The number of para-hydroxylation sites is 1. The summed E-state index contributed by atoms with van der Waals surface area (Å²) in [5, 5.41) is 1.00. The van der Waals surface area contributed by atoms with E-state index in [1.165, 1.54) is 18.9 Å². The van der Waals surface area contributed by atoms with E-state index in [-0.39, 0.29) is 17.1 Å². The van der Waals surface area contributed by atoms with Crippen molar-refractivity contribution in [3.05, 3.63) is 87.7 Å². The highest BCUT2D eigenvalue weighted by Gasteiger charge is 2.17. The van der Waals surface area contributed by atoms with E-state index in [1.54, 1.807) is 35.9 Å². The number of carbonyl (C=O) groups excluding carboxylic acids is 1. The van der Waals surface area contributed by atoms with Gasteiger partial charge in [0, 0.05) is 5.56 Å². The SMILES string of the molecule is COc1ccc(C(=O)CSc2nc3ccccc3c(=O)n2-c2cc(C)cc(C)c2)cc1OC. The fourth-order valence-electron chi connectivity index (χ4n) is 3.74. The second kappa shape index (κ2) is 9.50. The molecular weight excluding hydrogens is 436 g/mol. The predicted octanol–water partition coefficient (Wildman–Crippen LogP) is 4.99. The summed E-state index contributed by atoms with van der Waals surface area (Å²) in [6.45, 7) is 3.98. The lowest BCUT2D eigenvalue weighted by atomic mass is 10.1. The fourth-order valence-corrected chi connectivity index (χ4v) is 4.65. The Morgan fingerprint density at radius 1 is 0.939 bits per heavy atom. The van der Waals surface area contributed by atoms with E-state index in [2.05, 4.69) is 6.07 Å². The molecule has 6 nitrogen and oxygen atoms in total. The molecule has 0 spiro atoms. The van der Waals surface area contributed by atoms with Crippen molar-refractivity contribution in [1.82, 2.24) is 9.55 Å². The van der Waals surface area contributed by atoms with Crippen LogP contribution in [0.3, 0.4) is 0 Å². The van der Waals surface area contributed by atoms with Crippen LogP contribution in [0.1, 0.15) is 21.5 Å². The lowest BCUT2D eigenvalue weighted by Gasteiger charge is -2.14. The Morgan fingerprint density at radius 2 is 1.64 bits per heavy atom. The Kier molecular flexibility index (Phi) is 6.51. The molecule has 33 heavy (non-hydrogen) atoms. The van der Waals surface area contributed by atoms with Crippen molar-refractivity contribution in [2.45, 2.75) is 19.0 Å². The Hall–Kier alpha value is -3.58. The van der Waals surface area contributed by atoms with Gasteiger partial charge in [-0.15, -0.1) is 0 Å². The first-order valence-electron chi connectivity index (χ1n) is 10.4. The topological polar surface area (TPSA) is 70.4 Å². The van der Waals surface area contributed by atoms with Crippen molar-refractivity contribution < 1.29 is 14.3 Å². The van der Waals surface area contributed by atoms with Gasteiger partial charge in [-0.2, -0.15) is 0 Å². The quantitative estimate of drug-likeness (QED) is 0.220. The maximum absolute atomic E-state index is 13.4. The average Bonchev–Trinajstić information content (AvgIpc) is 2.81. The highest BCUT2D eigenvalue weighted by atomic mass is 32.2. The van der Waals surface area contributed by atoms with Gasteiger partial charge >= 0.3 is 0 Å². The maximum atomic E-state index is 13.4. The van der Waals surface area contributed by atoms with Gasteiger partial charge in [0.1, 0.15) is 0 Å². The summed E-state index contributed by atoms with van der Waals surface area (Å²) in [5.74, 6) is 1.06. The standard InChI is InChI=1S/C26H24N2O4S/c1-16-11-17(2)13-19(12-16)28-25(30)20-7-5-6-8-21(20)27-26(28)33-15-22(29)18-9-10-23(31-3)24(14-18)32-4/h5-14H,15H2,1-4H3. The van der Waals surface area contributed by atoms with Gasteiger partial charge in [-0.05, 0) is 67.4 Å². The monoisotopic (exact) mass is 460 g/mol. The third-order valence-corrected chi connectivity index (χ3v) is 6.19. The van der Waals surface area contributed by atoms with Crippen LogP contribution in [-0.2, 0) is 0 Å². The first-order chi connectivity index (χ1) is 15.9. The van der Waals surface area contributed by atoms with Crippen LogP contribution in [0, 0.1) is 13.8 Å². The summed E-state index contributed by atoms with van der Waals surface area (Å²) in [7, 11) is 3.08. The molecule has 0 fully saturated rings. The van der Waals surface area contributed by atoms with Crippen LogP contribution >= 0.6 is 11.8 Å². The number of rotatable bonds is 7. The molecule has 0 aliphatic rings. The molecule has 0 aliphatic heterocycles. The van der Waals surface area contributed by atoms with Crippen molar-refractivity contribution in [3.8, 4) is 17.2 Å². The second-order valence-corrected chi connectivity index (χ2v) is 8.62. The van der Waals surface area contributed by atoms with Gasteiger partial charge < -0.3 is 9.47 Å². The minimum Gasteiger partial charge on any atom is -0.493 e. The van der Waals surface area contributed by atoms with Crippen LogP contribution in [0.25, 0.3) is 16.6 Å². The summed E-state index contributed by atoms with van der Waals surface area (Å²) < 4.78 is 12.2. The summed E-state index contributed by atoms with van der Waals surface area (Å²) in [6.07, 6.45) is 0. The van der Waals surface area contributed by atoms with Crippen LogP contribution in [0.5, 0.6) is 11.5 Å². The molecule has 0 unspecified atom stereocenters. The number of nitrogens with zero attached hydrogens (tertiary/aromatic N) is 2. The number of thioether (sulfide) groups is 1. The summed E-state index contributed by atoms with van der Waals surface area (Å²) >= 11 is 1.24. The Labute approximate surface area is 196 Å². The molecule has 0 radical (unpaired) electrons. The smallest absolute Gasteiger partial charge is 0.266 e. The molecule has 1 aromatic heterocycles. The number of aryl methyl sites for hydroxylation is 2. The zero-order chi connectivity index (χ0) is 23.5. The fraction of sp³-hybridized carbons (Fsp3) is 0.192. The average molecular weight is 461 g/mol. The summed E-state index contributed by atoms with van der Waals surface area (Å²) in [6, 6.07) is 18.3. The van der Waals surface area contributed by atoms with Gasteiger partial charge in [0.15, 0.2) is 22.4 Å². The van der Waals surface area contributed by atoms with Crippen molar-refractivity contribution >= 4 is 28.4 Å². The molecule has 4 rings (SSSR count). The number of fused-ring (bicyclic) bond motifs is 1. The number of carbonyl (C=O) groups is 1. The van der Waals surface area contributed by atoms with Crippen LogP contribution in [-0.4, -0.2) is 35.3 Å². The van der Waals surface area contributed by atoms with Crippen LogP contribution in [0.2, 0.25) is 0 Å². The number of benzene rings is 3.